The number of nitrogens with one attached hydrogen (secondary N) is 1. The van der Waals surface area contributed by atoms with Crippen molar-refractivity contribution < 1.29 is 5.11 Å². The van der Waals surface area contributed by atoms with Crippen molar-refractivity contribution in [1.29, 1.82) is 0 Å². The van der Waals surface area contributed by atoms with Crippen LogP contribution < -0.4 is 11.1 Å². The molecule has 19 heavy (non-hydrogen) atoms. The second-order valence-electron chi connectivity index (χ2n) is 5.72. The van der Waals surface area contributed by atoms with Gasteiger partial charge >= 0.3 is 0 Å². The van der Waals surface area contributed by atoms with Crippen LogP contribution in [-0.4, -0.2) is 30.8 Å². The van der Waals surface area contributed by atoms with E-state index in [1.807, 2.05) is 0 Å². The van der Waals surface area contributed by atoms with Crippen LogP contribution in [0.1, 0.15) is 59.3 Å². The number of aliphatic hydroxyl groups is 1. The molecule has 0 aromatic rings. The van der Waals surface area contributed by atoms with Gasteiger partial charge in [0, 0.05) is 19.7 Å². The molecule has 0 saturated heterocycles. The highest BCUT2D eigenvalue weighted by Gasteiger charge is 2.10. The third kappa shape index (κ3) is 12.0. The average Bonchev–Trinajstić information content (AvgIpc) is 2.35. The molecule has 0 fully saturated rings. The number of nitrogens with two attached hydrogens (primary N) is 1. The van der Waals surface area contributed by atoms with Gasteiger partial charge in [0.25, 0.3) is 0 Å². The Hall–Kier alpha value is -0.770. The SMILES string of the molecule is CCCCCCNC(N)=NCC(CCO)CC(C)C. The third-order valence-electron chi connectivity index (χ3n) is 3.20. The molecule has 1 unspecified atom stereocenters. The number of hydrogen-bond acceptors (Lipinski definition) is 2. The molecule has 0 heterocycles. The van der Waals surface area contributed by atoms with Gasteiger partial charge in [0.15, 0.2) is 5.96 Å². The van der Waals surface area contributed by atoms with Crippen LogP contribution >= 0.6 is 0 Å². The number of aliphatic hydroxyl groups excluding tert-OH is 1. The Morgan fingerprint density at radius 3 is 2.58 bits per heavy atom. The van der Waals surface area contributed by atoms with E-state index in [4.69, 9.17) is 10.8 Å². The monoisotopic (exact) mass is 271 g/mol. The van der Waals surface area contributed by atoms with Crippen LogP contribution in [0.5, 0.6) is 0 Å². The van der Waals surface area contributed by atoms with Crippen molar-refractivity contribution in [2.24, 2.45) is 22.6 Å². The summed E-state index contributed by atoms with van der Waals surface area (Å²) in [5.74, 6) is 1.61. The largest absolute Gasteiger partial charge is 0.396 e. The zero-order valence-electron chi connectivity index (χ0n) is 13.0. The quantitative estimate of drug-likeness (QED) is 0.307. The highest BCUT2D eigenvalue weighted by atomic mass is 16.3. The van der Waals surface area contributed by atoms with E-state index >= 15 is 0 Å². The first-order valence-electron chi connectivity index (χ1n) is 7.74. The number of guanidine groups is 1. The smallest absolute Gasteiger partial charge is 0.188 e. The maximum atomic E-state index is 9.04. The van der Waals surface area contributed by atoms with Crippen molar-refractivity contribution in [3.05, 3.63) is 0 Å². The summed E-state index contributed by atoms with van der Waals surface area (Å²) >= 11 is 0. The van der Waals surface area contributed by atoms with Crippen molar-refractivity contribution in [1.82, 2.24) is 5.32 Å². The predicted molar refractivity (Wildman–Crippen MR) is 83.3 cm³/mol. The zero-order chi connectivity index (χ0) is 14.5. The molecule has 0 aromatic carbocycles. The van der Waals surface area contributed by atoms with E-state index in [1.54, 1.807) is 0 Å². The van der Waals surface area contributed by atoms with E-state index < -0.39 is 0 Å². The summed E-state index contributed by atoms with van der Waals surface area (Å²) in [5.41, 5.74) is 5.84. The highest BCUT2D eigenvalue weighted by Crippen LogP contribution is 2.15. The molecular weight excluding hydrogens is 238 g/mol. The van der Waals surface area contributed by atoms with E-state index in [9.17, 15) is 0 Å². The first kappa shape index (κ1) is 18.2. The van der Waals surface area contributed by atoms with Gasteiger partial charge < -0.3 is 16.2 Å². The number of aliphatic imine (C=N–C) groups is 1. The molecule has 0 radical (unpaired) electrons. The minimum Gasteiger partial charge on any atom is -0.396 e. The number of nitrogens with zero attached hydrogens (tertiary/aromatic N) is 1. The normalized spacial score (nSPS) is 13.8. The molecule has 0 rings (SSSR count). The van der Waals surface area contributed by atoms with Gasteiger partial charge in [-0.25, -0.2) is 0 Å². The Bertz CT molecular complexity index is 229. The van der Waals surface area contributed by atoms with Gasteiger partial charge in [-0.3, -0.25) is 4.99 Å². The minimum atomic E-state index is 0.233. The Morgan fingerprint density at radius 2 is 2.00 bits per heavy atom. The van der Waals surface area contributed by atoms with Crippen LogP contribution in [0.3, 0.4) is 0 Å². The molecule has 0 aliphatic heterocycles. The summed E-state index contributed by atoms with van der Waals surface area (Å²) in [6.45, 7) is 8.46. The lowest BCUT2D eigenvalue weighted by Gasteiger charge is -2.16. The molecular formula is C15H33N3O. The second-order valence-corrected chi connectivity index (χ2v) is 5.72. The van der Waals surface area contributed by atoms with Gasteiger partial charge in [-0.15, -0.1) is 0 Å². The highest BCUT2D eigenvalue weighted by molar-refractivity contribution is 5.77. The molecule has 0 aliphatic carbocycles. The van der Waals surface area contributed by atoms with Crippen LogP contribution in [0.15, 0.2) is 4.99 Å². The van der Waals surface area contributed by atoms with Crippen LogP contribution in [-0.2, 0) is 0 Å². The van der Waals surface area contributed by atoms with Gasteiger partial charge in [0.2, 0.25) is 0 Å². The maximum absolute atomic E-state index is 9.04. The maximum Gasteiger partial charge on any atom is 0.188 e. The third-order valence-corrected chi connectivity index (χ3v) is 3.20. The van der Waals surface area contributed by atoms with E-state index in [2.05, 4.69) is 31.1 Å². The predicted octanol–water partition coefficient (Wildman–Crippen LogP) is 2.52. The second kappa shape index (κ2) is 12.3. The molecule has 0 saturated carbocycles. The molecule has 0 amide bonds. The summed E-state index contributed by atoms with van der Waals surface area (Å²) in [4.78, 5) is 4.39. The number of hydrogen-bond donors (Lipinski definition) is 3. The first-order chi connectivity index (χ1) is 9.10. The fourth-order valence-corrected chi connectivity index (χ4v) is 2.18. The van der Waals surface area contributed by atoms with Crippen molar-refractivity contribution in [3.8, 4) is 0 Å². The lowest BCUT2D eigenvalue weighted by molar-refractivity contribution is 0.246. The van der Waals surface area contributed by atoms with E-state index in [1.165, 1.54) is 19.3 Å². The van der Waals surface area contributed by atoms with Crippen LogP contribution in [0.4, 0.5) is 0 Å². The lowest BCUT2D eigenvalue weighted by atomic mass is 9.94. The van der Waals surface area contributed by atoms with Crippen molar-refractivity contribution >= 4 is 5.96 Å². The summed E-state index contributed by atoms with van der Waals surface area (Å²) in [5, 5.41) is 12.2. The number of unbranched alkanes of at least 4 members (excludes halogenated alkanes) is 3. The van der Waals surface area contributed by atoms with Gasteiger partial charge in [-0.1, -0.05) is 40.0 Å². The van der Waals surface area contributed by atoms with E-state index in [-0.39, 0.29) is 6.61 Å². The molecule has 4 nitrogen and oxygen atoms in total. The summed E-state index contributed by atoms with van der Waals surface area (Å²) in [6.07, 6.45) is 6.83. The molecule has 0 bridgehead atoms. The fourth-order valence-electron chi connectivity index (χ4n) is 2.18. The standard InChI is InChI=1S/C15H33N3O/c1-4-5-6-7-9-17-15(16)18-12-14(8-10-19)11-13(2)3/h13-14,19H,4-12H2,1-3H3,(H3,16,17,18). The molecule has 4 heteroatoms. The van der Waals surface area contributed by atoms with Crippen LogP contribution in [0.25, 0.3) is 0 Å². The minimum absolute atomic E-state index is 0.233. The van der Waals surface area contributed by atoms with Crippen molar-refractivity contribution in [3.63, 3.8) is 0 Å². The van der Waals surface area contributed by atoms with Gasteiger partial charge in [0.05, 0.1) is 0 Å². The molecule has 1 atom stereocenters. The zero-order valence-corrected chi connectivity index (χ0v) is 13.0. The topological polar surface area (TPSA) is 70.6 Å². The molecule has 0 spiro atoms. The Morgan fingerprint density at radius 1 is 1.26 bits per heavy atom. The average molecular weight is 271 g/mol. The molecule has 0 aliphatic rings. The first-order valence-corrected chi connectivity index (χ1v) is 7.74. The Kier molecular flexibility index (Phi) is 11.8. The van der Waals surface area contributed by atoms with Crippen molar-refractivity contribution in [2.45, 2.75) is 59.3 Å². The Labute approximate surface area is 118 Å². The molecule has 114 valence electrons. The summed E-state index contributed by atoms with van der Waals surface area (Å²) < 4.78 is 0. The van der Waals surface area contributed by atoms with E-state index in [0.717, 1.165) is 25.8 Å². The van der Waals surface area contributed by atoms with Gasteiger partial charge in [-0.05, 0) is 31.1 Å². The van der Waals surface area contributed by atoms with Gasteiger partial charge in [0.1, 0.15) is 0 Å². The van der Waals surface area contributed by atoms with Crippen LogP contribution in [0.2, 0.25) is 0 Å². The molecule has 0 aromatic heterocycles. The summed E-state index contributed by atoms with van der Waals surface area (Å²) in [7, 11) is 0. The summed E-state index contributed by atoms with van der Waals surface area (Å²) in [6, 6.07) is 0. The van der Waals surface area contributed by atoms with E-state index in [0.29, 0.717) is 24.3 Å². The fraction of sp³-hybridized carbons (Fsp3) is 0.933. The lowest BCUT2D eigenvalue weighted by Crippen LogP contribution is -2.33. The van der Waals surface area contributed by atoms with Gasteiger partial charge in [-0.2, -0.15) is 0 Å². The molecule has 4 N–H and O–H groups in total. The van der Waals surface area contributed by atoms with Crippen molar-refractivity contribution in [2.75, 3.05) is 19.7 Å². The Balaban J connectivity index is 3.84. The van der Waals surface area contributed by atoms with Crippen LogP contribution in [0, 0.1) is 11.8 Å². The number of rotatable bonds is 11.